The summed E-state index contributed by atoms with van der Waals surface area (Å²) in [6.07, 6.45) is 0. The summed E-state index contributed by atoms with van der Waals surface area (Å²) < 4.78 is 22.9. The fourth-order valence-electron chi connectivity index (χ4n) is 2.58. The van der Waals surface area contributed by atoms with Gasteiger partial charge in [-0.05, 0) is 30.2 Å². The lowest BCUT2D eigenvalue weighted by Crippen LogP contribution is -2.22. The van der Waals surface area contributed by atoms with Crippen LogP contribution < -0.4 is 14.8 Å². The number of nitrogens with one attached hydrogen (secondary N) is 1. The lowest BCUT2D eigenvalue weighted by atomic mass is 10.1. The van der Waals surface area contributed by atoms with Gasteiger partial charge < -0.3 is 19.3 Å². The third-order valence-electron chi connectivity index (χ3n) is 3.84. The highest BCUT2D eigenvalue weighted by atomic mass is 31.2. The summed E-state index contributed by atoms with van der Waals surface area (Å²) in [6, 6.07) is 12.8. The number of ether oxygens (including phenoxy) is 2. The Labute approximate surface area is 140 Å². The Morgan fingerprint density at radius 3 is 2.42 bits per heavy atom. The number of fused-ring (bicyclic) bond motifs is 1. The minimum absolute atomic E-state index is 0.352. The van der Waals surface area contributed by atoms with Crippen LogP contribution in [-0.4, -0.2) is 23.0 Å². The number of hydrogen-bond acceptors (Lipinski definition) is 4. The summed E-state index contributed by atoms with van der Waals surface area (Å²) in [6.45, 7) is 3.24. The van der Waals surface area contributed by atoms with E-state index in [0.29, 0.717) is 36.8 Å². The molecule has 0 amide bonds. The highest BCUT2D eigenvalue weighted by Crippen LogP contribution is 2.51. The maximum absolute atomic E-state index is 11.9. The molecule has 0 radical (unpaired) electrons. The summed E-state index contributed by atoms with van der Waals surface area (Å²) in [7, 11) is -4.39. The predicted molar refractivity (Wildman–Crippen MR) is 90.2 cm³/mol. The molecule has 1 atom stereocenters. The van der Waals surface area contributed by atoms with Gasteiger partial charge in [-0.25, -0.2) is 0 Å². The Morgan fingerprint density at radius 1 is 1.08 bits per heavy atom. The van der Waals surface area contributed by atoms with Gasteiger partial charge in [0.25, 0.3) is 0 Å². The van der Waals surface area contributed by atoms with Crippen LogP contribution in [0.4, 0.5) is 0 Å². The Kier molecular flexibility index (Phi) is 4.92. The molecule has 2 aromatic carbocycles. The molecule has 0 spiro atoms. The molecule has 0 aliphatic carbocycles. The maximum atomic E-state index is 11.9. The van der Waals surface area contributed by atoms with Crippen molar-refractivity contribution >= 4 is 7.60 Å². The van der Waals surface area contributed by atoms with E-state index in [1.165, 1.54) is 0 Å². The highest BCUT2D eigenvalue weighted by Gasteiger charge is 2.31. The van der Waals surface area contributed by atoms with Gasteiger partial charge in [0.15, 0.2) is 11.5 Å². The molecule has 0 fully saturated rings. The molecular weight excluding hydrogens is 329 g/mol. The molecule has 24 heavy (non-hydrogen) atoms. The molecule has 128 valence electrons. The van der Waals surface area contributed by atoms with E-state index in [9.17, 15) is 14.4 Å². The van der Waals surface area contributed by atoms with Crippen molar-refractivity contribution in [3.05, 3.63) is 59.2 Å². The van der Waals surface area contributed by atoms with Crippen LogP contribution in [0.25, 0.3) is 0 Å². The molecule has 1 aliphatic heterocycles. The first-order chi connectivity index (χ1) is 11.4. The quantitative estimate of drug-likeness (QED) is 0.720. The van der Waals surface area contributed by atoms with Gasteiger partial charge in [-0.1, -0.05) is 35.9 Å². The predicted octanol–water partition coefficient (Wildman–Crippen LogP) is 2.73. The molecule has 6 nitrogen and oxygen atoms in total. The Hall–Kier alpha value is -1.85. The molecular formula is C17H20NO5P. The van der Waals surface area contributed by atoms with Crippen LogP contribution in [0.2, 0.25) is 0 Å². The summed E-state index contributed by atoms with van der Waals surface area (Å²) in [5.41, 5.74) is 2.56. The minimum Gasteiger partial charge on any atom is -0.486 e. The highest BCUT2D eigenvalue weighted by molar-refractivity contribution is 7.52. The van der Waals surface area contributed by atoms with E-state index in [1.54, 1.807) is 18.2 Å². The van der Waals surface area contributed by atoms with Crippen LogP contribution in [0.3, 0.4) is 0 Å². The van der Waals surface area contributed by atoms with Gasteiger partial charge in [0.1, 0.15) is 19.0 Å². The third-order valence-corrected chi connectivity index (χ3v) is 4.99. The van der Waals surface area contributed by atoms with Gasteiger partial charge in [0, 0.05) is 6.54 Å². The molecule has 3 rings (SSSR count). The van der Waals surface area contributed by atoms with Crippen LogP contribution >= 0.6 is 7.60 Å². The summed E-state index contributed by atoms with van der Waals surface area (Å²) >= 11 is 0. The van der Waals surface area contributed by atoms with Gasteiger partial charge in [-0.15, -0.1) is 0 Å². The maximum Gasteiger partial charge on any atom is 0.346 e. The van der Waals surface area contributed by atoms with Gasteiger partial charge >= 0.3 is 7.60 Å². The Balaban J connectivity index is 1.81. The fourth-order valence-corrected chi connectivity index (χ4v) is 3.46. The average molecular weight is 349 g/mol. The summed E-state index contributed by atoms with van der Waals surface area (Å²) in [5.74, 6) is -0.00281. The standard InChI is InChI=1S/C17H20NO5P/c1-12-2-4-13(5-3-12)11-18-17(24(19,20)21)14-6-7-15-16(10-14)23-9-8-22-15/h2-7,10,17-18H,8-9,11H2,1H3,(H2,19,20,21)/t17-/m1/s1. The monoisotopic (exact) mass is 349 g/mol. The van der Waals surface area contributed by atoms with Gasteiger partial charge in [0.05, 0.1) is 0 Å². The molecule has 7 heteroatoms. The number of benzene rings is 2. The Bertz CT molecular complexity index is 756. The van der Waals surface area contributed by atoms with Crippen molar-refractivity contribution in [2.75, 3.05) is 13.2 Å². The van der Waals surface area contributed by atoms with Crippen LogP contribution in [-0.2, 0) is 11.1 Å². The van der Waals surface area contributed by atoms with E-state index >= 15 is 0 Å². The van der Waals surface area contributed by atoms with Crippen molar-refractivity contribution < 1.29 is 23.8 Å². The van der Waals surface area contributed by atoms with E-state index in [1.807, 2.05) is 31.2 Å². The zero-order valence-corrected chi connectivity index (χ0v) is 14.2. The van der Waals surface area contributed by atoms with Crippen molar-refractivity contribution in [2.24, 2.45) is 0 Å². The molecule has 3 N–H and O–H groups in total. The van der Waals surface area contributed by atoms with Gasteiger partial charge in [-0.2, -0.15) is 0 Å². The van der Waals surface area contributed by atoms with Crippen LogP contribution in [0.5, 0.6) is 11.5 Å². The average Bonchev–Trinajstić information content (AvgIpc) is 2.55. The number of aryl methyl sites for hydroxylation is 1. The molecule has 0 bridgehead atoms. The largest absolute Gasteiger partial charge is 0.486 e. The third kappa shape index (κ3) is 3.97. The zero-order valence-electron chi connectivity index (χ0n) is 13.3. The summed E-state index contributed by atoms with van der Waals surface area (Å²) in [5, 5.41) is 2.96. The second-order valence-corrected chi connectivity index (χ2v) is 7.46. The molecule has 0 saturated carbocycles. The van der Waals surface area contributed by atoms with Gasteiger partial charge in [0.2, 0.25) is 0 Å². The summed E-state index contributed by atoms with van der Waals surface area (Å²) in [4.78, 5) is 19.5. The van der Waals surface area contributed by atoms with E-state index in [0.717, 1.165) is 11.1 Å². The first-order valence-corrected chi connectivity index (χ1v) is 9.35. The first kappa shape index (κ1) is 17.0. The fraction of sp³-hybridized carbons (Fsp3) is 0.294. The van der Waals surface area contributed by atoms with Crippen molar-refractivity contribution in [2.45, 2.75) is 19.3 Å². The molecule has 0 aromatic heterocycles. The van der Waals surface area contributed by atoms with Crippen molar-refractivity contribution in [3.63, 3.8) is 0 Å². The van der Waals surface area contributed by atoms with E-state index in [2.05, 4.69) is 5.32 Å². The molecule has 0 saturated heterocycles. The SMILES string of the molecule is Cc1ccc(CN[C@@H](c2ccc3c(c2)OCCO3)P(=O)(O)O)cc1. The molecule has 2 aromatic rings. The lowest BCUT2D eigenvalue weighted by molar-refractivity contribution is 0.171. The van der Waals surface area contributed by atoms with Crippen LogP contribution in [0.1, 0.15) is 22.5 Å². The zero-order chi connectivity index (χ0) is 17.2. The molecule has 1 heterocycles. The van der Waals surface area contributed by atoms with Crippen molar-refractivity contribution in [3.8, 4) is 11.5 Å². The van der Waals surface area contributed by atoms with Crippen LogP contribution in [0, 0.1) is 6.92 Å². The number of rotatable bonds is 5. The lowest BCUT2D eigenvalue weighted by Gasteiger charge is -2.23. The second-order valence-electron chi connectivity index (χ2n) is 5.76. The normalized spacial score (nSPS) is 15.1. The van der Waals surface area contributed by atoms with Gasteiger partial charge in [-0.3, -0.25) is 9.88 Å². The van der Waals surface area contributed by atoms with E-state index in [-0.39, 0.29) is 0 Å². The second kappa shape index (κ2) is 6.95. The van der Waals surface area contributed by atoms with Crippen molar-refractivity contribution in [1.82, 2.24) is 5.32 Å². The smallest absolute Gasteiger partial charge is 0.346 e. The molecule has 0 unspecified atom stereocenters. The minimum atomic E-state index is -4.39. The van der Waals surface area contributed by atoms with Crippen molar-refractivity contribution in [1.29, 1.82) is 0 Å². The topological polar surface area (TPSA) is 88.0 Å². The van der Waals surface area contributed by atoms with E-state index < -0.39 is 13.4 Å². The molecule has 1 aliphatic rings. The number of hydrogen-bond donors (Lipinski definition) is 3. The van der Waals surface area contributed by atoms with E-state index in [4.69, 9.17) is 9.47 Å². The first-order valence-electron chi connectivity index (χ1n) is 7.67. The Morgan fingerprint density at radius 2 is 1.75 bits per heavy atom. The van der Waals surface area contributed by atoms with Crippen LogP contribution in [0.15, 0.2) is 42.5 Å².